The highest BCUT2D eigenvalue weighted by atomic mass is 32.2. The molecule has 0 amide bonds. The summed E-state index contributed by atoms with van der Waals surface area (Å²) >= 11 is 1.44. The van der Waals surface area contributed by atoms with Crippen molar-refractivity contribution < 1.29 is 5.11 Å². The molecule has 0 saturated carbocycles. The van der Waals surface area contributed by atoms with Gasteiger partial charge < -0.3 is 10.8 Å². The normalized spacial score (nSPS) is 15.1. The molecule has 3 N–H and O–H groups in total. The molecule has 0 bridgehead atoms. The van der Waals surface area contributed by atoms with Gasteiger partial charge in [-0.3, -0.25) is 0 Å². The zero-order chi connectivity index (χ0) is 12.1. The van der Waals surface area contributed by atoms with Crippen LogP contribution in [0.15, 0.2) is 17.4 Å². The third-order valence-corrected chi connectivity index (χ3v) is 3.58. The third kappa shape index (κ3) is 3.73. The van der Waals surface area contributed by atoms with E-state index in [9.17, 15) is 5.11 Å². The minimum Gasteiger partial charge on any atom is -0.395 e. The molecular formula is C11H19N3OS. The summed E-state index contributed by atoms with van der Waals surface area (Å²) in [6.45, 7) is 6.05. The van der Waals surface area contributed by atoms with E-state index in [-0.39, 0.29) is 17.9 Å². The zero-order valence-corrected chi connectivity index (χ0v) is 10.7. The number of aryl methyl sites for hydroxylation is 1. The summed E-state index contributed by atoms with van der Waals surface area (Å²) in [5.74, 6) is 0.328. The molecule has 1 aromatic rings. The van der Waals surface area contributed by atoms with Crippen molar-refractivity contribution in [1.82, 2.24) is 9.97 Å². The average molecular weight is 241 g/mol. The van der Waals surface area contributed by atoms with Gasteiger partial charge in [-0.1, -0.05) is 25.6 Å². The molecule has 2 unspecified atom stereocenters. The molecule has 1 aromatic heterocycles. The van der Waals surface area contributed by atoms with Crippen molar-refractivity contribution in [2.45, 2.75) is 37.2 Å². The number of nitrogens with two attached hydrogens (primary N) is 1. The fourth-order valence-electron chi connectivity index (χ4n) is 1.28. The zero-order valence-electron chi connectivity index (χ0n) is 9.92. The van der Waals surface area contributed by atoms with E-state index >= 15 is 0 Å². The van der Waals surface area contributed by atoms with E-state index in [2.05, 4.69) is 9.97 Å². The Morgan fingerprint density at radius 1 is 1.50 bits per heavy atom. The predicted molar refractivity (Wildman–Crippen MR) is 66.3 cm³/mol. The summed E-state index contributed by atoms with van der Waals surface area (Å²) in [7, 11) is 0. The first-order chi connectivity index (χ1) is 7.54. The molecule has 4 nitrogen and oxygen atoms in total. The number of hydrogen-bond donors (Lipinski definition) is 2. The van der Waals surface area contributed by atoms with Gasteiger partial charge in [0, 0.05) is 17.9 Å². The van der Waals surface area contributed by atoms with Crippen LogP contribution >= 0.6 is 11.8 Å². The van der Waals surface area contributed by atoms with Gasteiger partial charge in [-0.2, -0.15) is 0 Å². The highest BCUT2D eigenvalue weighted by Gasteiger charge is 2.22. The summed E-state index contributed by atoms with van der Waals surface area (Å²) in [5, 5.41) is 9.94. The predicted octanol–water partition coefficient (Wildman–Crippen LogP) is 1.22. The monoisotopic (exact) mass is 241 g/mol. The van der Waals surface area contributed by atoms with E-state index < -0.39 is 0 Å². The first-order valence-corrected chi connectivity index (χ1v) is 6.25. The second kappa shape index (κ2) is 6.18. The molecule has 0 aliphatic heterocycles. The molecule has 2 atom stereocenters. The van der Waals surface area contributed by atoms with Crippen LogP contribution in [0, 0.1) is 12.8 Å². The van der Waals surface area contributed by atoms with Gasteiger partial charge in [-0.05, 0) is 18.9 Å². The average Bonchev–Trinajstić information content (AvgIpc) is 2.25. The van der Waals surface area contributed by atoms with Crippen LogP contribution in [0.4, 0.5) is 0 Å². The molecule has 1 rings (SSSR count). The Hall–Kier alpha value is -0.650. The maximum Gasteiger partial charge on any atom is 0.188 e. The molecule has 0 radical (unpaired) electrons. The lowest BCUT2D eigenvalue weighted by molar-refractivity contribution is 0.269. The number of hydrogen-bond acceptors (Lipinski definition) is 5. The largest absolute Gasteiger partial charge is 0.395 e. The van der Waals surface area contributed by atoms with E-state index in [0.29, 0.717) is 11.1 Å². The SMILES string of the molecule is Cc1ccnc(SC(CO)C(N)C(C)C)n1. The Morgan fingerprint density at radius 3 is 2.69 bits per heavy atom. The van der Waals surface area contributed by atoms with Gasteiger partial charge in [0.1, 0.15) is 0 Å². The smallest absolute Gasteiger partial charge is 0.188 e. The lowest BCUT2D eigenvalue weighted by Crippen LogP contribution is -2.39. The van der Waals surface area contributed by atoms with Crippen LogP contribution in [0.3, 0.4) is 0 Å². The summed E-state index contributed by atoms with van der Waals surface area (Å²) in [5.41, 5.74) is 6.94. The van der Waals surface area contributed by atoms with Gasteiger partial charge >= 0.3 is 0 Å². The maximum atomic E-state index is 9.32. The van der Waals surface area contributed by atoms with E-state index in [1.54, 1.807) is 6.20 Å². The summed E-state index contributed by atoms with van der Waals surface area (Å²) in [6, 6.07) is 1.79. The molecule has 0 aliphatic rings. The van der Waals surface area contributed by atoms with Crippen molar-refractivity contribution in [2.75, 3.05) is 6.61 Å². The summed E-state index contributed by atoms with van der Waals surface area (Å²) in [6.07, 6.45) is 1.72. The quantitative estimate of drug-likeness (QED) is 0.599. The lowest BCUT2D eigenvalue weighted by Gasteiger charge is -2.23. The fraction of sp³-hybridized carbons (Fsp3) is 0.636. The van der Waals surface area contributed by atoms with Crippen LogP contribution < -0.4 is 5.73 Å². The molecular weight excluding hydrogens is 222 g/mol. The Balaban J connectivity index is 2.70. The highest BCUT2D eigenvalue weighted by Crippen LogP contribution is 2.23. The Labute approximate surface area is 101 Å². The highest BCUT2D eigenvalue weighted by molar-refractivity contribution is 7.99. The first-order valence-electron chi connectivity index (χ1n) is 5.37. The number of nitrogens with zero attached hydrogens (tertiary/aromatic N) is 2. The van der Waals surface area contributed by atoms with Gasteiger partial charge in [0.05, 0.1) is 11.9 Å². The molecule has 90 valence electrons. The van der Waals surface area contributed by atoms with E-state index in [4.69, 9.17) is 5.73 Å². The summed E-state index contributed by atoms with van der Waals surface area (Å²) < 4.78 is 0. The van der Waals surface area contributed by atoms with Crippen LogP contribution in [0.1, 0.15) is 19.5 Å². The number of aromatic nitrogens is 2. The molecule has 0 saturated heterocycles. The van der Waals surface area contributed by atoms with Crippen LogP contribution in [0.2, 0.25) is 0 Å². The van der Waals surface area contributed by atoms with Gasteiger partial charge in [-0.15, -0.1) is 0 Å². The van der Waals surface area contributed by atoms with Crippen molar-refractivity contribution >= 4 is 11.8 Å². The molecule has 0 spiro atoms. The van der Waals surface area contributed by atoms with Gasteiger partial charge in [0.25, 0.3) is 0 Å². The Kier molecular flexibility index (Phi) is 5.18. The number of rotatable bonds is 5. The molecule has 0 fully saturated rings. The lowest BCUT2D eigenvalue weighted by atomic mass is 10.0. The van der Waals surface area contributed by atoms with E-state index in [1.165, 1.54) is 11.8 Å². The standard InChI is InChI=1S/C11H19N3OS/c1-7(2)10(12)9(6-15)16-11-13-5-4-8(3)14-11/h4-5,7,9-10,15H,6,12H2,1-3H3. The van der Waals surface area contributed by atoms with Crippen LogP contribution in [-0.2, 0) is 0 Å². The fourth-order valence-corrected chi connectivity index (χ4v) is 2.42. The Bertz CT molecular complexity index is 333. The van der Waals surface area contributed by atoms with Gasteiger partial charge in [0.15, 0.2) is 5.16 Å². The number of aliphatic hydroxyl groups is 1. The first kappa shape index (κ1) is 13.4. The van der Waals surface area contributed by atoms with Crippen molar-refractivity contribution in [2.24, 2.45) is 11.7 Å². The topological polar surface area (TPSA) is 72.0 Å². The number of aliphatic hydroxyl groups excluding tert-OH is 1. The van der Waals surface area contributed by atoms with Crippen LogP contribution in [0.25, 0.3) is 0 Å². The third-order valence-electron chi connectivity index (χ3n) is 2.41. The minimum absolute atomic E-state index is 0.0430. The van der Waals surface area contributed by atoms with Crippen molar-refractivity contribution in [3.05, 3.63) is 18.0 Å². The second-order valence-electron chi connectivity index (χ2n) is 4.14. The molecule has 1 heterocycles. The molecule has 0 aromatic carbocycles. The van der Waals surface area contributed by atoms with Crippen molar-refractivity contribution in [1.29, 1.82) is 0 Å². The minimum atomic E-state index is -0.0564. The van der Waals surface area contributed by atoms with E-state index in [1.807, 2.05) is 26.8 Å². The maximum absolute atomic E-state index is 9.32. The van der Waals surface area contributed by atoms with Gasteiger partial charge in [-0.25, -0.2) is 9.97 Å². The number of thioether (sulfide) groups is 1. The van der Waals surface area contributed by atoms with Crippen LogP contribution in [-0.4, -0.2) is 33.0 Å². The van der Waals surface area contributed by atoms with Gasteiger partial charge in [0.2, 0.25) is 0 Å². The second-order valence-corrected chi connectivity index (χ2v) is 5.35. The molecule has 16 heavy (non-hydrogen) atoms. The van der Waals surface area contributed by atoms with E-state index in [0.717, 1.165) is 5.69 Å². The molecule has 5 heteroatoms. The van der Waals surface area contributed by atoms with Crippen molar-refractivity contribution in [3.63, 3.8) is 0 Å². The summed E-state index contributed by atoms with van der Waals surface area (Å²) in [4.78, 5) is 8.44. The Morgan fingerprint density at radius 2 is 2.19 bits per heavy atom. The molecule has 0 aliphatic carbocycles. The van der Waals surface area contributed by atoms with Crippen molar-refractivity contribution in [3.8, 4) is 0 Å². The van der Waals surface area contributed by atoms with Crippen LogP contribution in [0.5, 0.6) is 0 Å².